The number of rotatable bonds is 4. The van der Waals surface area contributed by atoms with E-state index in [1.807, 2.05) is 0 Å². The Morgan fingerprint density at radius 1 is 0.750 bits per heavy atom. The quantitative estimate of drug-likeness (QED) is 0.270. The van der Waals surface area contributed by atoms with E-state index >= 15 is 0 Å². The predicted molar refractivity (Wildman–Crippen MR) is 70.5 cm³/mol. The van der Waals surface area contributed by atoms with E-state index in [1.165, 1.54) is 18.2 Å². The molecular formula is C16H12Cs4O8. The number of aromatic carboxylic acids is 2. The SMILES string of the molecule is O=C([O-])C1C=CCCC1C(=O)[O-].O=C([O-])c1ccccc1C(=O)[O-].[Cs+].[Cs+].[Cs+].[Cs+]. The van der Waals surface area contributed by atoms with E-state index in [2.05, 4.69) is 0 Å². The molecule has 128 valence electrons. The number of hydrogen-bond acceptors (Lipinski definition) is 8. The molecule has 0 amide bonds. The predicted octanol–water partition coefficient (Wildman–Crippen LogP) is -15.5. The number of hydrogen-bond donors (Lipinski definition) is 0. The number of carbonyl (C=O) groups excluding carboxylic acids is 4. The van der Waals surface area contributed by atoms with Gasteiger partial charge in [-0.15, -0.1) is 0 Å². The Balaban J connectivity index is -0.000000180. The van der Waals surface area contributed by atoms with Gasteiger partial charge in [0.15, 0.2) is 0 Å². The van der Waals surface area contributed by atoms with Crippen molar-refractivity contribution in [1.29, 1.82) is 0 Å². The van der Waals surface area contributed by atoms with Crippen LogP contribution < -0.4 is 296 Å². The molecule has 1 aromatic carbocycles. The fourth-order valence-electron chi connectivity index (χ4n) is 2.18. The maximum atomic E-state index is 10.4. The van der Waals surface area contributed by atoms with Crippen molar-refractivity contribution in [2.75, 3.05) is 0 Å². The Kier molecular flexibility index (Phi) is 32.3. The van der Waals surface area contributed by atoms with E-state index in [-0.39, 0.29) is 287 Å². The molecule has 8 nitrogen and oxygen atoms in total. The first-order valence-electron chi connectivity index (χ1n) is 6.85. The first kappa shape index (κ1) is 40.2. The van der Waals surface area contributed by atoms with Gasteiger partial charge in [0.25, 0.3) is 0 Å². The van der Waals surface area contributed by atoms with Gasteiger partial charge in [-0.25, -0.2) is 0 Å². The minimum atomic E-state index is -1.52. The van der Waals surface area contributed by atoms with Gasteiger partial charge in [-0.1, -0.05) is 36.4 Å². The Bertz CT molecular complexity index is 660. The molecule has 0 fully saturated rings. The smallest absolute Gasteiger partial charge is 0.550 e. The summed E-state index contributed by atoms with van der Waals surface area (Å²) in [6.07, 6.45) is 3.92. The van der Waals surface area contributed by atoms with Crippen molar-refractivity contribution >= 4 is 23.9 Å². The van der Waals surface area contributed by atoms with Gasteiger partial charge in [0.1, 0.15) is 0 Å². The number of carbonyl (C=O) groups is 4. The third-order valence-corrected chi connectivity index (χ3v) is 3.36. The van der Waals surface area contributed by atoms with Crippen LogP contribution in [0.4, 0.5) is 0 Å². The normalized spacial score (nSPS) is 16.1. The summed E-state index contributed by atoms with van der Waals surface area (Å²) in [4.78, 5) is 41.5. The molecule has 0 spiro atoms. The van der Waals surface area contributed by atoms with Crippen molar-refractivity contribution in [2.24, 2.45) is 11.8 Å². The molecule has 1 aliphatic carbocycles. The third-order valence-electron chi connectivity index (χ3n) is 3.36. The zero-order valence-corrected chi connectivity index (χ0v) is 41.4. The Morgan fingerprint density at radius 2 is 1.18 bits per heavy atom. The third kappa shape index (κ3) is 15.1. The van der Waals surface area contributed by atoms with Crippen molar-refractivity contribution in [2.45, 2.75) is 12.8 Å². The molecule has 1 aliphatic rings. The molecule has 0 aliphatic heterocycles. The number of carboxylic acid groups (broad SMARTS) is 4. The molecule has 0 radical (unpaired) electrons. The van der Waals surface area contributed by atoms with Crippen LogP contribution in [0, 0.1) is 11.8 Å². The molecule has 0 heterocycles. The van der Waals surface area contributed by atoms with Crippen LogP contribution in [0.15, 0.2) is 36.4 Å². The fourth-order valence-corrected chi connectivity index (χ4v) is 2.18. The van der Waals surface area contributed by atoms with Crippen molar-refractivity contribution in [3.8, 4) is 0 Å². The second-order valence-electron chi connectivity index (χ2n) is 4.90. The summed E-state index contributed by atoms with van der Waals surface area (Å²) in [6, 6.07) is 5.14. The molecule has 0 aromatic heterocycles. The van der Waals surface area contributed by atoms with Crippen molar-refractivity contribution in [3.05, 3.63) is 47.5 Å². The van der Waals surface area contributed by atoms with Crippen LogP contribution in [0.5, 0.6) is 0 Å². The maximum Gasteiger partial charge on any atom is 1.00 e. The van der Waals surface area contributed by atoms with Crippen molar-refractivity contribution < 1.29 is 315 Å². The first-order valence-corrected chi connectivity index (χ1v) is 6.85. The van der Waals surface area contributed by atoms with E-state index in [0.717, 1.165) is 12.1 Å². The largest absolute Gasteiger partial charge is 1.00 e. The summed E-state index contributed by atoms with van der Waals surface area (Å²) >= 11 is 0. The van der Waals surface area contributed by atoms with Gasteiger partial charge in [0.05, 0.1) is 11.9 Å². The summed E-state index contributed by atoms with van der Waals surface area (Å²) in [5, 5.41) is 41.5. The Hall–Kier alpha value is 5.05. The minimum absolute atomic E-state index is 0. The monoisotopic (exact) mass is 864 g/mol. The van der Waals surface area contributed by atoms with Crippen LogP contribution in [-0.4, -0.2) is 23.9 Å². The van der Waals surface area contributed by atoms with Crippen LogP contribution >= 0.6 is 0 Å². The van der Waals surface area contributed by atoms with Gasteiger partial charge in [-0.2, -0.15) is 0 Å². The van der Waals surface area contributed by atoms with Gasteiger partial charge >= 0.3 is 276 Å². The standard InChI is InChI=1S/C8H10O4.C8H6O4.4Cs/c2*9-7(10)5-3-1-2-4-6(5)8(11)12;;;;/h1,3,5-6H,2,4H2,(H,9,10)(H,11,12);1-4H,(H,9,10)(H,11,12);;;;/q;;4*+1/p-4. The Morgan fingerprint density at radius 3 is 1.46 bits per heavy atom. The molecule has 0 saturated carbocycles. The molecule has 12 heteroatoms. The van der Waals surface area contributed by atoms with E-state index in [1.54, 1.807) is 6.08 Å². The molecular weight excluding hydrogens is 852 g/mol. The van der Waals surface area contributed by atoms with Crippen LogP contribution in [0.2, 0.25) is 0 Å². The molecule has 28 heavy (non-hydrogen) atoms. The molecule has 1 aromatic rings. The Labute approximate surface area is 397 Å². The fraction of sp³-hybridized carbons (Fsp3) is 0.250. The number of aliphatic carboxylic acids is 2. The van der Waals surface area contributed by atoms with Crippen LogP contribution in [0.25, 0.3) is 0 Å². The summed E-state index contributed by atoms with van der Waals surface area (Å²) in [5.41, 5.74) is -0.727. The first-order chi connectivity index (χ1) is 11.3. The number of benzene rings is 1. The van der Waals surface area contributed by atoms with Crippen molar-refractivity contribution in [3.63, 3.8) is 0 Å². The molecule has 2 atom stereocenters. The number of allylic oxidation sites excluding steroid dienone is 1. The topological polar surface area (TPSA) is 161 Å². The summed E-state index contributed by atoms with van der Waals surface area (Å²) in [7, 11) is 0. The van der Waals surface area contributed by atoms with Gasteiger partial charge in [-0.3, -0.25) is 0 Å². The van der Waals surface area contributed by atoms with Crippen LogP contribution in [0.3, 0.4) is 0 Å². The minimum Gasteiger partial charge on any atom is -0.550 e. The zero-order valence-electron chi connectivity index (χ0n) is 16.3. The molecule has 0 bridgehead atoms. The second kappa shape index (κ2) is 22.5. The van der Waals surface area contributed by atoms with E-state index in [0.29, 0.717) is 12.8 Å². The molecule has 0 N–H and O–H groups in total. The molecule has 2 unspecified atom stereocenters. The zero-order chi connectivity index (χ0) is 18.3. The molecule has 2 rings (SSSR count). The van der Waals surface area contributed by atoms with Crippen LogP contribution in [0.1, 0.15) is 33.6 Å². The van der Waals surface area contributed by atoms with E-state index in [9.17, 15) is 39.6 Å². The van der Waals surface area contributed by atoms with Gasteiger partial charge in [0.2, 0.25) is 0 Å². The second-order valence-corrected chi connectivity index (χ2v) is 4.90. The van der Waals surface area contributed by atoms with Crippen molar-refractivity contribution in [1.82, 2.24) is 0 Å². The van der Waals surface area contributed by atoms with E-state index in [4.69, 9.17) is 0 Å². The summed E-state index contributed by atoms with van der Waals surface area (Å²) in [5.74, 6) is -7.65. The van der Waals surface area contributed by atoms with Gasteiger partial charge < -0.3 is 39.6 Å². The van der Waals surface area contributed by atoms with E-state index < -0.39 is 35.7 Å². The summed E-state index contributed by atoms with van der Waals surface area (Å²) in [6.45, 7) is 0. The summed E-state index contributed by atoms with van der Waals surface area (Å²) < 4.78 is 0. The maximum absolute atomic E-state index is 10.4. The van der Waals surface area contributed by atoms with Gasteiger partial charge in [0, 0.05) is 34.9 Å². The average Bonchev–Trinajstić information content (AvgIpc) is 2.55. The average molecular weight is 864 g/mol. The number of carboxylic acids is 4. The van der Waals surface area contributed by atoms with Crippen LogP contribution in [-0.2, 0) is 9.59 Å². The van der Waals surface area contributed by atoms with Gasteiger partial charge in [-0.05, 0) is 12.8 Å². The molecule has 0 saturated heterocycles.